The Bertz CT molecular complexity index is 757. The molecule has 0 saturated carbocycles. The highest BCUT2D eigenvalue weighted by Crippen LogP contribution is 2.23. The quantitative estimate of drug-likeness (QED) is 0.552. The Labute approximate surface area is 165 Å². The topological polar surface area (TPSA) is 102 Å². The van der Waals surface area contributed by atoms with Gasteiger partial charge in [-0.3, -0.25) is 19.7 Å². The van der Waals surface area contributed by atoms with Crippen molar-refractivity contribution < 1.29 is 23.9 Å². The number of imide groups is 1. The Morgan fingerprint density at radius 1 is 1.00 bits per heavy atom. The van der Waals surface area contributed by atoms with Crippen LogP contribution < -0.4 is 10.6 Å². The Balaban J connectivity index is 1.79. The maximum atomic E-state index is 12.4. The van der Waals surface area contributed by atoms with Crippen molar-refractivity contribution in [1.29, 1.82) is 0 Å². The summed E-state index contributed by atoms with van der Waals surface area (Å²) in [6.45, 7) is 4.89. The van der Waals surface area contributed by atoms with Gasteiger partial charge in [0.15, 0.2) is 11.9 Å². The molecular formula is C21H28N2O5. The fourth-order valence-electron chi connectivity index (χ4n) is 3.09. The molecule has 3 amide bonds. The Morgan fingerprint density at radius 3 is 2.36 bits per heavy atom. The van der Waals surface area contributed by atoms with Crippen LogP contribution in [0.3, 0.4) is 0 Å². The number of hydrogen-bond acceptors (Lipinski definition) is 5. The van der Waals surface area contributed by atoms with Crippen LogP contribution in [0.15, 0.2) is 18.2 Å². The van der Waals surface area contributed by atoms with Gasteiger partial charge in [-0.25, -0.2) is 4.79 Å². The lowest BCUT2D eigenvalue weighted by Crippen LogP contribution is -2.46. The minimum Gasteiger partial charge on any atom is -0.453 e. The normalized spacial score (nSPS) is 14.0. The molecule has 1 aliphatic carbocycles. The van der Waals surface area contributed by atoms with Crippen molar-refractivity contribution >= 4 is 23.7 Å². The maximum Gasteiger partial charge on any atom is 0.321 e. The van der Waals surface area contributed by atoms with Crippen molar-refractivity contribution in [3.05, 3.63) is 34.9 Å². The average Bonchev–Trinajstić information content (AvgIpc) is 2.64. The van der Waals surface area contributed by atoms with Crippen LogP contribution >= 0.6 is 0 Å². The summed E-state index contributed by atoms with van der Waals surface area (Å²) in [4.78, 5) is 47.6. The molecule has 2 N–H and O–H groups in total. The number of nitrogens with one attached hydrogen (secondary N) is 2. The summed E-state index contributed by atoms with van der Waals surface area (Å²) in [7, 11) is 0. The number of hydrogen-bond donors (Lipinski definition) is 2. The molecule has 0 saturated heterocycles. The molecular weight excluding hydrogens is 360 g/mol. The molecule has 0 radical (unpaired) electrons. The third-order valence-electron chi connectivity index (χ3n) is 4.56. The van der Waals surface area contributed by atoms with E-state index >= 15 is 0 Å². The molecule has 0 bridgehead atoms. The second kappa shape index (κ2) is 10.0. The van der Waals surface area contributed by atoms with Crippen molar-refractivity contribution in [2.45, 2.75) is 71.4 Å². The Hall–Kier alpha value is -2.70. The second-order valence-electron chi connectivity index (χ2n) is 7.36. The van der Waals surface area contributed by atoms with Gasteiger partial charge >= 0.3 is 12.0 Å². The highest BCUT2D eigenvalue weighted by Gasteiger charge is 2.21. The zero-order chi connectivity index (χ0) is 20.7. The summed E-state index contributed by atoms with van der Waals surface area (Å²) >= 11 is 0. The second-order valence-corrected chi connectivity index (χ2v) is 7.36. The van der Waals surface area contributed by atoms with Gasteiger partial charge < -0.3 is 10.1 Å². The number of carbonyl (C=O) groups excluding carboxylic acids is 4. The number of amides is 3. The molecule has 0 unspecified atom stereocenters. The van der Waals surface area contributed by atoms with E-state index in [1.165, 1.54) is 24.5 Å². The molecule has 1 aromatic rings. The van der Waals surface area contributed by atoms with E-state index in [2.05, 4.69) is 10.6 Å². The van der Waals surface area contributed by atoms with Gasteiger partial charge in [-0.15, -0.1) is 0 Å². The highest BCUT2D eigenvalue weighted by molar-refractivity contribution is 5.99. The van der Waals surface area contributed by atoms with E-state index in [4.69, 9.17) is 4.74 Å². The van der Waals surface area contributed by atoms with E-state index in [0.717, 1.165) is 19.3 Å². The summed E-state index contributed by atoms with van der Waals surface area (Å²) in [5, 5.41) is 4.61. The van der Waals surface area contributed by atoms with Gasteiger partial charge in [-0.1, -0.05) is 12.1 Å². The lowest BCUT2D eigenvalue weighted by molar-refractivity contribution is -0.154. The lowest BCUT2D eigenvalue weighted by atomic mass is 9.89. The van der Waals surface area contributed by atoms with E-state index in [0.29, 0.717) is 5.56 Å². The monoisotopic (exact) mass is 388 g/mol. The first-order valence-electron chi connectivity index (χ1n) is 9.72. The number of ether oxygens (including phenoxy) is 1. The standard InChI is InChI=1S/C21H28N2O5/c1-13(2)22-21(27)23-20(26)14(3)28-19(25)11-10-18(24)17-9-8-15-6-4-5-7-16(15)12-17/h8-9,12-14H,4-7,10-11H2,1-3H3,(H2,22,23,26,27)/t14-/m0/s1. The third-order valence-corrected chi connectivity index (χ3v) is 4.56. The number of rotatable bonds is 7. The van der Waals surface area contributed by atoms with Gasteiger partial charge in [-0.05, 0) is 63.6 Å². The van der Waals surface area contributed by atoms with Crippen LogP contribution in [0.2, 0.25) is 0 Å². The zero-order valence-corrected chi connectivity index (χ0v) is 16.7. The Morgan fingerprint density at radius 2 is 1.68 bits per heavy atom. The van der Waals surface area contributed by atoms with Crippen molar-refractivity contribution in [3.63, 3.8) is 0 Å². The number of urea groups is 1. The number of benzene rings is 1. The lowest BCUT2D eigenvalue weighted by Gasteiger charge is -2.16. The minimum absolute atomic E-state index is 0.0137. The molecule has 0 heterocycles. The minimum atomic E-state index is -1.12. The number of fused-ring (bicyclic) bond motifs is 1. The van der Waals surface area contributed by atoms with Crippen LogP contribution in [0.5, 0.6) is 0 Å². The highest BCUT2D eigenvalue weighted by atomic mass is 16.5. The average molecular weight is 388 g/mol. The van der Waals surface area contributed by atoms with E-state index in [-0.39, 0.29) is 24.7 Å². The first-order valence-corrected chi connectivity index (χ1v) is 9.72. The molecule has 7 nitrogen and oxygen atoms in total. The summed E-state index contributed by atoms with van der Waals surface area (Å²) < 4.78 is 5.01. The number of ketones is 1. The maximum absolute atomic E-state index is 12.4. The zero-order valence-electron chi connectivity index (χ0n) is 16.7. The van der Waals surface area contributed by atoms with Crippen molar-refractivity contribution in [2.75, 3.05) is 0 Å². The molecule has 2 rings (SSSR count). The summed E-state index contributed by atoms with van der Waals surface area (Å²) in [5.41, 5.74) is 3.11. The molecule has 0 aliphatic heterocycles. The van der Waals surface area contributed by atoms with Crippen LogP contribution in [0.4, 0.5) is 4.79 Å². The fraction of sp³-hybridized carbons (Fsp3) is 0.524. The van der Waals surface area contributed by atoms with Crippen LogP contribution in [0.1, 0.15) is 67.9 Å². The Kier molecular flexibility index (Phi) is 7.72. The van der Waals surface area contributed by atoms with E-state index in [1.54, 1.807) is 19.9 Å². The van der Waals surface area contributed by atoms with E-state index in [1.807, 2.05) is 12.1 Å². The number of Topliss-reactive ketones (excluding diaryl/α,β-unsaturated/α-hetero) is 1. The molecule has 0 fully saturated rings. The molecule has 152 valence electrons. The predicted octanol–water partition coefficient (Wildman–Crippen LogP) is 2.69. The largest absolute Gasteiger partial charge is 0.453 e. The third kappa shape index (κ3) is 6.48. The van der Waals surface area contributed by atoms with Crippen molar-refractivity contribution in [1.82, 2.24) is 10.6 Å². The molecule has 1 aliphatic rings. The molecule has 0 aromatic heterocycles. The van der Waals surface area contributed by atoms with Gasteiger partial charge in [-0.2, -0.15) is 0 Å². The van der Waals surface area contributed by atoms with Gasteiger partial charge in [0.25, 0.3) is 5.91 Å². The van der Waals surface area contributed by atoms with Crippen LogP contribution in [0, 0.1) is 0 Å². The SMILES string of the molecule is CC(C)NC(=O)NC(=O)[C@H](C)OC(=O)CCC(=O)c1ccc2c(c1)CCCC2. The summed E-state index contributed by atoms with van der Waals surface area (Å²) in [6.07, 6.45) is 3.11. The number of esters is 1. The first-order chi connectivity index (χ1) is 13.3. The molecule has 0 spiro atoms. The molecule has 1 atom stereocenters. The van der Waals surface area contributed by atoms with Crippen molar-refractivity contribution in [2.24, 2.45) is 0 Å². The fourth-order valence-corrected chi connectivity index (χ4v) is 3.09. The van der Waals surface area contributed by atoms with Crippen LogP contribution in [-0.2, 0) is 27.2 Å². The van der Waals surface area contributed by atoms with Crippen LogP contribution in [-0.4, -0.2) is 35.8 Å². The molecule has 7 heteroatoms. The molecule has 28 heavy (non-hydrogen) atoms. The first kappa shape index (κ1) is 21.6. The predicted molar refractivity (Wildman–Crippen MR) is 104 cm³/mol. The summed E-state index contributed by atoms with van der Waals surface area (Å²) in [5.74, 6) is -1.50. The van der Waals surface area contributed by atoms with Crippen LogP contribution in [0.25, 0.3) is 0 Å². The van der Waals surface area contributed by atoms with Gasteiger partial charge in [0.2, 0.25) is 0 Å². The van der Waals surface area contributed by atoms with E-state index in [9.17, 15) is 19.2 Å². The van der Waals surface area contributed by atoms with Gasteiger partial charge in [0, 0.05) is 18.0 Å². The molecule has 1 aromatic carbocycles. The van der Waals surface area contributed by atoms with Crippen molar-refractivity contribution in [3.8, 4) is 0 Å². The summed E-state index contributed by atoms with van der Waals surface area (Å²) in [6, 6.07) is 4.95. The van der Waals surface area contributed by atoms with E-state index < -0.39 is 24.0 Å². The van der Waals surface area contributed by atoms with Gasteiger partial charge in [0.05, 0.1) is 6.42 Å². The van der Waals surface area contributed by atoms with Gasteiger partial charge in [0.1, 0.15) is 0 Å². The number of carbonyl (C=O) groups is 4. The number of aryl methyl sites for hydroxylation is 2. The smallest absolute Gasteiger partial charge is 0.321 e.